The number of amides is 1. The SMILES string of the molecule is Cc1nn(Cc2ccccc2Cl)c(Cl)c1C(=O)NC1CCN(Cc2ccccc2)C1. The second kappa shape index (κ2) is 9.21. The Labute approximate surface area is 186 Å². The molecule has 0 saturated carbocycles. The molecule has 0 radical (unpaired) electrons. The predicted octanol–water partition coefficient (Wildman–Crippen LogP) is 4.55. The summed E-state index contributed by atoms with van der Waals surface area (Å²) in [5.41, 5.74) is 3.24. The van der Waals surface area contributed by atoms with E-state index in [1.165, 1.54) is 5.56 Å². The Balaban J connectivity index is 1.40. The zero-order valence-electron chi connectivity index (χ0n) is 16.8. The number of benzene rings is 2. The van der Waals surface area contributed by atoms with Crippen molar-refractivity contribution in [3.05, 3.63) is 87.2 Å². The Bertz CT molecular complexity index is 1030. The van der Waals surface area contributed by atoms with Gasteiger partial charge in [0, 0.05) is 30.7 Å². The first-order valence-electron chi connectivity index (χ1n) is 10.0. The minimum Gasteiger partial charge on any atom is -0.348 e. The molecule has 2 heterocycles. The van der Waals surface area contributed by atoms with Crippen molar-refractivity contribution in [1.82, 2.24) is 20.0 Å². The number of halogens is 2. The van der Waals surface area contributed by atoms with Gasteiger partial charge in [-0.1, -0.05) is 71.7 Å². The van der Waals surface area contributed by atoms with Gasteiger partial charge in [-0.25, -0.2) is 4.68 Å². The predicted molar refractivity (Wildman–Crippen MR) is 120 cm³/mol. The molecule has 1 aliphatic heterocycles. The van der Waals surface area contributed by atoms with Gasteiger partial charge in [0.25, 0.3) is 5.91 Å². The topological polar surface area (TPSA) is 50.2 Å². The van der Waals surface area contributed by atoms with Gasteiger partial charge in [0.05, 0.1) is 17.8 Å². The van der Waals surface area contributed by atoms with Gasteiger partial charge in [-0.3, -0.25) is 9.69 Å². The summed E-state index contributed by atoms with van der Waals surface area (Å²) < 4.78 is 1.63. The molecule has 1 amide bonds. The van der Waals surface area contributed by atoms with E-state index in [-0.39, 0.29) is 11.9 Å². The van der Waals surface area contributed by atoms with Crippen molar-refractivity contribution < 1.29 is 4.79 Å². The van der Waals surface area contributed by atoms with E-state index in [4.69, 9.17) is 23.2 Å². The molecule has 5 nitrogen and oxygen atoms in total. The van der Waals surface area contributed by atoms with Crippen LogP contribution in [0.4, 0.5) is 0 Å². The van der Waals surface area contributed by atoms with E-state index in [0.717, 1.165) is 31.6 Å². The molecule has 7 heteroatoms. The zero-order valence-corrected chi connectivity index (χ0v) is 18.3. The number of hydrogen-bond donors (Lipinski definition) is 1. The lowest BCUT2D eigenvalue weighted by Crippen LogP contribution is -2.37. The molecule has 4 rings (SSSR count). The van der Waals surface area contributed by atoms with Crippen LogP contribution >= 0.6 is 23.2 Å². The maximum absolute atomic E-state index is 12.9. The number of carbonyl (C=O) groups is 1. The molecule has 1 aliphatic rings. The highest BCUT2D eigenvalue weighted by atomic mass is 35.5. The summed E-state index contributed by atoms with van der Waals surface area (Å²) in [6, 6.07) is 18.0. The van der Waals surface area contributed by atoms with Gasteiger partial charge in [-0.15, -0.1) is 0 Å². The standard InChI is InChI=1S/C23H24Cl2N4O/c1-16-21(22(25)29(27-16)14-18-9-5-6-10-20(18)24)23(30)26-19-11-12-28(15-19)13-17-7-3-2-4-8-17/h2-10,19H,11-15H2,1H3,(H,26,30). The molecule has 1 aromatic heterocycles. The van der Waals surface area contributed by atoms with Gasteiger partial charge in [0.2, 0.25) is 0 Å². The molecule has 1 atom stereocenters. The van der Waals surface area contributed by atoms with Crippen molar-refractivity contribution in [2.24, 2.45) is 0 Å². The highest BCUT2D eigenvalue weighted by Crippen LogP contribution is 2.24. The third kappa shape index (κ3) is 4.69. The first-order chi connectivity index (χ1) is 14.5. The summed E-state index contributed by atoms with van der Waals surface area (Å²) in [6.45, 7) is 4.90. The maximum Gasteiger partial charge on any atom is 0.256 e. The van der Waals surface area contributed by atoms with Crippen LogP contribution in [-0.4, -0.2) is 39.7 Å². The zero-order chi connectivity index (χ0) is 21.1. The molecule has 1 N–H and O–H groups in total. The summed E-state index contributed by atoms with van der Waals surface area (Å²) >= 11 is 12.8. The fraction of sp³-hybridized carbons (Fsp3) is 0.304. The molecular weight excluding hydrogens is 419 g/mol. The third-order valence-corrected chi connectivity index (χ3v) is 6.18. The van der Waals surface area contributed by atoms with Crippen molar-refractivity contribution in [2.45, 2.75) is 32.5 Å². The summed E-state index contributed by atoms with van der Waals surface area (Å²) in [5, 5.41) is 8.59. The van der Waals surface area contributed by atoms with Crippen molar-refractivity contribution in [1.29, 1.82) is 0 Å². The summed E-state index contributed by atoms with van der Waals surface area (Å²) in [6.07, 6.45) is 0.920. The van der Waals surface area contributed by atoms with Crippen LogP contribution in [0.3, 0.4) is 0 Å². The fourth-order valence-electron chi connectivity index (χ4n) is 3.90. The summed E-state index contributed by atoms with van der Waals surface area (Å²) in [4.78, 5) is 15.3. The van der Waals surface area contributed by atoms with Gasteiger partial charge < -0.3 is 5.32 Å². The monoisotopic (exact) mass is 442 g/mol. The Morgan fingerprint density at radius 2 is 1.83 bits per heavy atom. The molecule has 3 aromatic rings. The molecule has 1 fully saturated rings. The largest absolute Gasteiger partial charge is 0.348 e. The highest BCUT2D eigenvalue weighted by molar-refractivity contribution is 6.33. The van der Waals surface area contributed by atoms with Crippen LogP contribution in [0.2, 0.25) is 10.2 Å². The molecule has 0 bridgehead atoms. The number of aryl methyl sites for hydroxylation is 1. The number of carbonyl (C=O) groups excluding carboxylic acids is 1. The Hall–Kier alpha value is -2.34. The second-order valence-electron chi connectivity index (χ2n) is 7.68. The third-order valence-electron chi connectivity index (χ3n) is 5.43. The van der Waals surface area contributed by atoms with Crippen molar-refractivity contribution in [2.75, 3.05) is 13.1 Å². The van der Waals surface area contributed by atoms with Gasteiger partial charge in [-0.2, -0.15) is 5.10 Å². The van der Waals surface area contributed by atoms with Crippen molar-refractivity contribution in [3.8, 4) is 0 Å². The molecule has 30 heavy (non-hydrogen) atoms. The molecule has 156 valence electrons. The summed E-state index contributed by atoms with van der Waals surface area (Å²) in [7, 11) is 0. The number of likely N-dealkylation sites (tertiary alicyclic amines) is 1. The molecule has 2 aromatic carbocycles. The summed E-state index contributed by atoms with van der Waals surface area (Å²) in [5.74, 6) is -0.172. The van der Waals surface area contributed by atoms with Crippen LogP contribution in [0.25, 0.3) is 0 Å². The van der Waals surface area contributed by atoms with E-state index in [1.54, 1.807) is 11.6 Å². The lowest BCUT2D eigenvalue weighted by Gasteiger charge is -2.17. The van der Waals surface area contributed by atoms with Crippen molar-refractivity contribution in [3.63, 3.8) is 0 Å². The first-order valence-corrected chi connectivity index (χ1v) is 10.8. The number of rotatable bonds is 6. The van der Waals surface area contributed by atoms with Crippen LogP contribution in [0.15, 0.2) is 54.6 Å². The van der Waals surface area contributed by atoms with Crippen LogP contribution in [-0.2, 0) is 13.1 Å². The number of nitrogens with one attached hydrogen (secondary N) is 1. The van der Waals surface area contributed by atoms with E-state index in [2.05, 4.69) is 39.6 Å². The highest BCUT2D eigenvalue weighted by Gasteiger charge is 2.27. The van der Waals surface area contributed by atoms with Gasteiger partial charge >= 0.3 is 0 Å². The second-order valence-corrected chi connectivity index (χ2v) is 8.45. The molecule has 1 saturated heterocycles. The lowest BCUT2D eigenvalue weighted by molar-refractivity contribution is 0.0937. The van der Waals surface area contributed by atoms with E-state index < -0.39 is 0 Å². The fourth-order valence-corrected chi connectivity index (χ4v) is 4.41. The van der Waals surface area contributed by atoms with E-state index in [9.17, 15) is 4.79 Å². The Morgan fingerprint density at radius 1 is 1.10 bits per heavy atom. The number of hydrogen-bond acceptors (Lipinski definition) is 3. The minimum atomic E-state index is -0.172. The van der Waals surface area contributed by atoms with Crippen LogP contribution in [0.1, 0.15) is 33.6 Å². The lowest BCUT2D eigenvalue weighted by atomic mass is 10.2. The van der Waals surface area contributed by atoms with Gasteiger partial charge in [0.15, 0.2) is 0 Å². The Kier molecular flexibility index (Phi) is 6.42. The smallest absolute Gasteiger partial charge is 0.256 e. The van der Waals surface area contributed by atoms with Gasteiger partial charge in [0.1, 0.15) is 5.15 Å². The van der Waals surface area contributed by atoms with E-state index in [0.29, 0.717) is 28.0 Å². The van der Waals surface area contributed by atoms with Gasteiger partial charge in [-0.05, 0) is 30.5 Å². The molecular formula is C23H24Cl2N4O. The molecule has 0 aliphatic carbocycles. The van der Waals surface area contributed by atoms with Crippen LogP contribution in [0.5, 0.6) is 0 Å². The average molecular weight is 443 g/mol. The number of nitrogens with zero attached hydrogens (tertiary/aromatic N) is 3. The van der Waals surface area contributed by atoms with Crippen molar-refractivity contribution >= 4 is 29.1 Å². The minimum absolute atomic E-state index is 0.101. The quantitative estimate of drug-likeness (QED) is 0.608. The molecule has 1 unspecified atom stereocenters. The van der Waals surface area contributed by atoms with E-state index >= 15 is 0 Å². The normalized spacial score (nSPS) is 16.7. The Morgan fingerprint density at radius 3 is 2.60 bits per heavy atom. The first kappa shape index (κ1) is 20.9. The van der Waals surface area contributed by atoms with Crippen LogP contribution in [0, 0.1) is 6.92 Å². The average Bonchev–Trinajstić information content (AvgIpc) is 3.27. The van der Waals surface area contributed by atoms with E-state index in [1.807, 2.05) is 30.3 Å². The maximum atomic E-state index is 12.9. The van der Waals surface area contributed by atoms with Crippen LogP contribution < -0.4 is 5.32 Å². The molecule has 0 spiro atoms. The number of aromatic nitrogens is 2.